The molecule has 0 saturated carbocycles. The lowest BCUT2D eigenvalue weighted by atomic mass is 10.0. The van der Waals surface area contributed by atoms with Crippen molar-refractivity contribution in [2.45, 2.75) is 25.4 Å². The van der Waals surface area contributed by atoms with E-state index < -0.39 is 5.82 Å². The normalized spacial score (nSPS) is 16.1. The third-order valence-electron chi connectivity index (χ3n) is 4.20. The van der Waals surface area contributed by atoms with Gasteiger partial charge in [-0.2, -0.15) is 4.98 Å². The average molecular weight is 330 g/mol. The Morgan fingerprint density at radius 2 is 2.08 bits per heavy atom. The number of hydrogen-bond acceptors (Lipinski definition) is 6. The van der Waals surface area contributed by atoms with Gasteiger partial charge in [0.25, 0.3) is 0 Å². The summed E-state index contributed by atoms with van der Waals surface area (Å²) in [7, 11) is 3.54. The molecule has 7 heteroatoms. The molecule has 6 nitrogen and oxygen atoms in total. The summed E-state index contributed by atoms with van der Waals surface area (Å²) in [4.78, 5) is 16.6. The molecule has 1 aliphatic heterocycles. The molecule has 1 aliphatic rings. The number of piperidine rings is 1. The topological polar surface area (TPSA) is 57.2 Å². The summed E-state index contributed by atoms with van der Waals surface area (Å²) in [6.07, 6.45) is 6.96. The minimum Gasteiger partial charge on any atom is -0.360 e. The lowest BCUT2D eigenvalue weighted by Gasteiger charge is -2.32. The summed E-state index contributed by atoms with van der Waals surface area (Å²) in [6, 6.07) is 4.39. The Kier molecular flexibility index (Phi) is 5.20. The molecule has 0 radical (unpaired) electrons. The highest BCUT2D eigenvalue weighted by molar-refractivity contribution is 5.42. The van der Waals surface area contributed by atoms with E-state index in [0.29, 0.717) is 17.8 Å². The van der Waals surface area contributed by atoms with Gasteiger partial charge in [-0.15, -0.1) is 0 Å². The second-order valence-corrected chi connectivity index (χ2v) is 6.32. The highest BCUT2D eigenvalue weighted by Gasteiger charge is 2.20. The van der Waals surface area contributed by atoms with Crippen LogP contribution in [0.1, 0.15) is 18.4 Å². The molecule has 0 bridgehead atoms. The first kappa shape index (κ1) is 16.6. The Labute approximate surface area is 141 Å². The summed E-state index contributed by atoms with van der Waals surface area (Å²) < 4.78 is 13.7. The minimum absolute atomic E-state index is 0.307. The van der Waals surface area contributed by atoms with Gasteiger partial charge in [0.1, 0.15) is 0 Å². The SMILES string of the molecule is CN(C)c1nc(NC2CCN(Cc3cccnc3)CC2)ncc1F. The number of halogens is 1. The van der Waals surface area contributed by atoms with Crippen LogP contribution < -0.4 is 10.2 Å². The highest BCUT2D eigenvalue weighted by atomic mass is 19.1. The minimum atomic E-state index is -0.406. The van der Waals surface area contributed by atoms with E-state index in [1.54, 1.807) is 25.2 Å². The summed E-state index contributed by atoms with van der Waals surface area (Å²) in [5.41, 5.74) is 1.24. The number of likely N-dealkylation sites (tertiary alicyclic amines) is 1. The van der Waals surface area contributed by atoms with Crippen LogP contribution in [0.5, 0.6) is 0 Å². The lowest BCUT2D eigenvalue weighted by Crippen LogP contribution is -2.39. The molecule has 2 aromatic heterocycles. The Morgan fingerprint density at radius 1 is 1.29 bits per heavy atom. The number of aromatic nitrogens is 3. The van der Waals surface area contributed by atoms with Crippen molar-refractivity contribution in [1.29, 1.82) is 0 Å². The van der Waals surface area contributed by atoms with Gasteiger partial charge >= 0.3 is 0 Å². The quantitative estimate of drug-likeness (QED) is 0.907. The second-order valence-electron chi connectivity index (χ2n) is 6.32. The van der Waals surface area contributed by atoms with Crippen molar-refractivity contribution in [2.24, 2.45) is 0 Å². The zero-order valence-electron chi connectivity index (χ0n) is 14.1. The number of hydrogen-bond donors (Lipinski definition) is 1. The van der Waals surface area contributed by atoms with E-state index in [0.717, 1.165) is 32.5 Å². The molecular weight excluding hydrogens is 307 g/mol. The molecule has 0 amide bonds. The van der Waals surface area contributed by atoms with E-state index in [2.05, 4.69) is 31.2 Å². The van der Waals surface area contributed by atoms with Crippen LogP contribution >= 0.6 is 0 Å². The standard InChI is InChI=1S/C17H23FN6/c1-23(2)16-15(18)11-20-17(22-16)21-14-5-8-24(9-6-14)12-13-4-3-7-19-10-13/h3-4,7,10-11,14H,5-6,8-9,12H2,1-2H3,(H,20,21,22). The number of anilines is 2. The zero-order chi connectivity index (χ0) is 16.9. The fourth-order valence-corrected chi connectivity index (χ4v) is 2.91. The van der Waals surface area contributed by atoms with Gasteiger partial charge in [-0.05, 0) is 24.5 Å². The Bertz CT molecular complexity index is 655. The molecule has 3 rings (SSSR count). The van der Waals surface area contributed by atoms with E-state index in [4.69, 9.17) is 0 Å². The predicted molar refractivity (Wildman–Crippen MR) is 92.5 cm³/mol. The van der Waals surface area contributed by atoms with Gasteiger partial charge in [0.15, 0.2) is 11.6 Å². The molecule has 0 atom stereocenters. The monoisotopic (exact) mass is 330 g/mol. The number of pyridine rings is 1. The fraction of sp³-hybridized carbons (Fsp3) is 0.471. The van der Waals surface area contributed by atoms with Crippen molar-refractivity contribution in [3.05, 3.63) is 42.1 Å². The first-order valence-corrected chi connectivity index (χ1v) is 8.19. The number of rotatable bonds is 5. The number of nitrogens with zero attached hydrogens (tertiary/aromatic N) is 5. The summed E-state index contributed by atoms with van der Waals surface area (Å²) in [5.74, 6) is 0.393. The summed E-state index contributed by atoms with van der Waals surface area (Å²) >= 11 is 0. The Hall–Kier alpha value is -2.28. The number of nitrogens with one attached hydrogen (secondary N) is 1. The van der Waals surface area contributed by atoms with E-state index in [-0.39, 0.29) is 0 Å². The van der Waals surface area contributed by atoms with Gasteiger partial charge in [-0.3, -0.25) is 9.88 Å². The molecule has 1 saturated heterocycles. The van der Waals surface area contributed by atoms with Crippen molar-refractivity contribution >= 4 is 11.8 Å². The van der Waals surface area contributed by atoms with Crippen LogP contribution in [0.2, 0.25) is 0 Å². The maximum Gasteiger partial charge on any atom is 0.225 e. The molecule has 0 spiro atoms. The first-order chi connectivity index (χ1) is 11.6. The summed E-state index contributed by atoms with van der Waals surface area (Å²) in [6.45, 7) is 2.95. The maximum absolute atomic E-state index is 13.7. The van der Waals surface area contributed by atoms with Crippen LogP contribution in [-0.4, -0.2) is 53.1 Å². The van der Waals surface area contributed by atoms with Gasteiger partial charge in [0, 0.05) is 52.2 Å². The first-order valence-electron chi connectivity index (χ1n) is 8.19. The molecule has 1 fully saturated rings. The maximum atomic E-state index is 13.7. The van der Waals surface area contributed by atoms with Gasteiger partial charge in [-0.25, -0.2) is 9.37 Å². The van der Waals surface area contributed by atoms with Crippen LogP contribution in [-0.2, 0) is 6.54 Å². The van der Waals surface area contributed by atoms with Crippen LogP contribution in [0.25, 0.3) is 0 Å². The molecular formula is C17H23FN6. The molecule has 128 valence electrons. The smallest absolute Gasteiger partial charge is 0.225 e. The van der Waals surface area contributed by atoms with Crippen LogP contribution in [0.15, 0.2) is 30.7 Å². The third-order valence-corrected chi connectivity index (χ3v) is 4.20. The second kappa shape index (κ2) is 7.53. The zero-order valence-corrected chi connectivity index (χ0v) is 14.1. The Balaban J connectivity index is 1.53. The molecule has 0 unspecified atom stereocenters. The lowest BCUT2D eigenvalue weighted by molar-refractivity contribution is 0.211. The van der Waals surface area contributed by atoms with E-state index in [9.17, 15) is 4.39 Å². The van der Waals surface area contributed by atoms with Crippen LogP contribution in [0, 0.1) is 5.82 Å². The van der Waals surface area contributed by atoms with Crippen molar-refractivity contribution < 1.29 is 4.39 Å². The van der Waals surface area contributed by atoms with E-state index >= 15 is 0 Å². The van der Waals surface area contributed by atoms with Gasteiger partial charge < -0.3 is 10.2 Å². The Morgan fingerprint density at radius 3 is 2.75 bits per heavy atom. The third kappa shape index (κ3) is 4.17. The van der Waals surface area contributed by atoms with Crippen molar-refractivity contribution in [1.82, 2.24) is 19.9 Å². The molecule has 3 heterocycles. The average Bonchev–Trinajstić information content (AvgIpc) is 2.59. The molecule has 0 aromatic carbocycles. The van der Waals surface area contributed by atoms with Crippen molar-refractivity contribution in [3.63, 3.8) is 0 Å². The highest BCUT2D eigenvalue weighted by Crippen LogP contribution is 2.19. The molecule has 1 N–H and O–H groups in total. The predicted octanol–water partition coefficient (Wildman–Crippen LogP) is 2.15. The van der Waals surface area contributed by atoms with Gasteiger partial charge in [0.2, 0.25) is 5.95 Å². The largest absolute Gasteiger partial charge is 0.360 e. The van der Waals surface area contributed by atoms with Crippen molar-refractivity contribution in [3.8, 4) is 0 Å². The molecule has 2 aromatic rings. The van der Waals surface area contributed by atoms with Crippen LogP contribution in [0.3, 0.4) is 0 Å². The van der Waals surface area contributed by atoms with E-state index in [1.807, 2.05) is 12.3 Å². The molecule has 0 aliphatic carbocycles. The molecule has 24 heavy (non-hydrogen) atoms. The van der Waals surface area contributed by atoms with Crippen LogP contribution in [0.4, 0.5) is 16.2 Å². The van der Waals surface area contributed by atoms with Crippen molar-refractivity contribution in [2.75, 3.05) is 37.4 Å². The summed E-state index contributed by atoms with van der Waals surface area (Å²) in [5, 5.41) is 3.33. The fourth-order valence-electron chi connectivity index (χ4n) is 2.91. The van der Waals surface area contributed by atoms with E-state index in [1.165, 1.54) is 11.8 Å². The van der Waals surface area contributed by atoms with Gasteiger partial charge in [-0.1, -0.05) is 6.07 Å². The van der Waals surface area contributed by atoms with Gasteiger partial charge in [0.05, 0.1) is 6.20 Å².